The number of thioether (sulfide) groups is 1. The van der Waals surface area contributed by atoms with Crippen LogP contribution in [0.3, 0.4) is 0 Å². The molecule has 0 saturated carbocycles. The van der Waals surface area contributed by atoms with Crippen molar-refractivity contribution in [1.29, 1.82) is 0 Å². The molecule has 2 aliphatic heterocycles. The van der Waals surface area contributed by atoms with Gasteiger partial charge in [-0.25, -0.2) is 4.79 Å². The van der Waals surface area contributed by atoms with Gasteiger partial charge in [-0.1, -0.05) is 0 Å². The minimum atomic E-state index is -1.02. The van der Waals surface area contributed by atoms with Gasteiger partial charge in [0, 0.05) is 5.88 Å². The van der Waals surface area contributed by atoms with E-state index in [2.05, 4.69) is 0 Å². The van der Waals surface area contributed by atoms with Crippen molar-refractivity contribution in [1.82, 2.24) is 4.90 Å². The second kappa shape index (κ2) is 3.26. The Balaban J connectivity index is 2.33. The number of aliphatic carboxylic acids is 1. The second-order valence-electron chi connectivity index (χ2n) is 3.97. The van der Waals surface area contributed by atoms with Crippen molar-refractivity contribution in [3.63, 3.8) is 0 Å². The van der Waals surface area contributed by atoms with Crippen molar-refractivity contribution >= 4 is 35.2 Å². The molecule has 3 N–H and O–H groups in total. The molecule has 84 valence electrons. The van der Waals surface area contributed by atoms with Gasteiger partial charge in [-0.15, -0.1) is 23.4 Å². The van der Waals surface area contributed by atoms with Crippen LogP contribution in [0.25, 0.3) is 0 Å². The lowest BCUT2D eigenvalue weighted by Crippen LogP contribution is -2.68. The van der Waals surface area contributed by atoms with Gasteiger partial charge in [-0.2, -0.15) is 0 Å². The molecule has 15 heavy (non-hydrogen) atoms. The van der Waals surface area contributed by atoms with Crippen molar-refractivity contribution in [2.75, 3.05) is 5.88 Å². The predicted molar refractivity (Wildman–Crippen MR) is 56.7 cm³/mol. The first-order valence-electron chi connectivity index (χ1n) is 4.47. The highest BCUT2D eigenvalue weighted by molar-refractivity contribution is 8.01. The largest absolute Gasteiger partial charge is 0.480 e. The molecule has 0 aliphatic carbocycles. The van der Waals surface area contributed by atoms with Crippen molar-refractivity contribution in [2.45, 2.75) is 29.1 Å². The molecule has 4 unspecified atom stereocenters. The summed E-state index contributed by atoms with van der Waals surface area (Å²) in [7, 11) is 0. The normalized spacial score (nSPS) is 43.8. The number of rotatable bonds is 2. The summed E-state index contributed by atoms with van der Waals surface area (Å²) in [5.41, 5.74) is 5.60. The molecule has 0 aromatic heterocycles. The molecular formula is C8H11ClN2O3S. The Morgan fingerprint density at radius 3 is 2.87 bits per heavy atom. The average molecular weight is 251 g/mol. The smallest absolute Gasteiger partial charge is 0.327 e. The fourth-order valence-corrected chi connectivity index (χ4v) is 3.93. The molecule has 2 aliphatic rings. The van der Waals surface area contributed by atoms with E-state index in [9.17, 15) is 9.59 Å². The minimum absolute atomic E-state index is 0.182. The van der Waals surface area contributed by atoms with E-state index in [4.69, 9.17) is 22.4 Å². The van der Waals surface area contributed by atoms with Crippen LogP contribution in [0.5, 0.6) is 0 Å². The van der Waals surface area contributed by atoms with E-state index >= 15 is 0 Å². The van der Waals surface area contributed by atoms with Gasteiger partial charge in [0.05, 0.1) is 4.75 Å². The molecule has 0 aromatic carbocycles. The fourth-order valence-electron chi connectivity index (χ4n) is 2.03. The van der Waals surface area contributed by atoms with Crippen molar-refractivity contribution in [3.8, 4) is 0 Å². The summed E-state index contributed by atoms with van der Waals surface area (Å²) in [5, 5.41) is 8.87. The van der Waals surface area contributed by atoms with Crippen molar-refractivity contribution in [2.24, 2.45) is 5.73 Å². The lowest BCUT2D eigenvalue weighted by molar-refractivity contribution is -0.159. The zero-order valence-corrected chi connectivity index (χ0v) is 9.59. The predicted octanol–water partition coefficient (Wildman–Crippen LogP) is -0.321. The van der Waals surface area contributed by atoms with Gasteiger partial charge in [-0.3, -0.25) is 4.79 Å². The Bertz CT molecular complexity index is 340. The van der Waals surface area contributed by atoms with Gasteiger partial charge < -0.3 is 15.7 Å². The molecule has 1 amide bonds. The van der Waals surface area contributed by atoms with E-state index in [0.29, 0.717) is 0 Å². The van der Waals surface area contributed by atoms with Crippen LogP contribution < -0.4 is 5.73 Å². The quantitative estimate of drug-likeness (QED) is 0.518. The number of β-lactam (4-membered cyclic amide) rings is 1. The van der Waals surface area contributed by atoms with Crippen LogP contribution in [0.15, 0.2) is 0 Å². The number of carbonyl (C=O) groups excluding carboxylic acids is 1. The number of hydrogen-bond donors (Lipinski definition) is 2. The Kier molecular flexibility index (Phi) is 2.40. The zero-order chi connectivity index (χ0) is 11.4. The summed E-state index contributed by atoms with van der Waals surface area (Å²) in [6.07, 6.45) is 0. The SMILES string of the molecule is CC1(CCl)SC2C(N)C(=O)N2C1C(=O)O. The number of carboxylic acid groups (broad SMARTS) is 1. The Morgan fingerprint density at radius 2 is 2.40 bits per heavy atom. The minimum Gasteiger partial charge on any atom is -0.480 e. The molecule has 0 aromatic rings. The summed E-state index contributed by atoms with van der Waals surface area (Å²) in [4.78, 5) is 23.9. The molecular weight excluding hydrogens is 240 g/mol. The first-order valence-corrected chi connectivity index (χ1v) is 5.88. The average Bonchev–Trinajstić information content (AvgIpc) is 2.49. The van der Waals surface area contributed by atoms with Gasteiger partial charge >= 0.3 is 5.97 Å². The Labute approximate surface area is 95.9 Å². The monoisotopic (exact) mass is 250 g/mol. The van der Waals surface area contributed by atoms with Gasteiger partial charge in [0.2, 0.25) is 5.91 Å². The molecule has 2 heterocycles. The van der Waals surface area contributed by atoms with Gasteiger partial charge in [-0.05, 0) is 6.92 Å². The standard InChI is InChI=1S/C8H11ClN2O3S/c1-8(2-9)4(7(13)14)11-5(12)3(10)6(11)15-8/h3-4,6H,2,10H2,1H3,(H,13,14). The van der Waals surface area contributed by atoms with Crippen molar-refractivity contribution < 1.29 is 14.7 Å². The number of nitrogens with zero attached hydrogens (tertiary/aromatic N) is 1. The lowest BCUT2D eigenvalue weighted by atomic mass is 9.96. The number of carboxylic acids is 1. The summed E-state index contributed by atoms with van der Waals surface area (Å²) in [6.45, 7) is 1.75. The molecule has 4 atom stereocenters. The highest BCUT2D eigenvalue weighted by Gasteiger charge is 2.64. The number of amides is 1. The van der Waals surface area contributed by atoms with E-state index in [0.717, 1.165) is 0 Å². The van der Waals surface area contributed by atoms with E-state index in [-0.39, 0.29) is 17.2 Å². The topological polar surface area (TPSA) is 83.6 Å². The van der Waals surface area contributed by atoms with Gasteiger partial charge in [0.1, 0.15) is 17.5 Å². The number of alkyl halides is 1. The highest BCUT2D eigenvalue weighted by atomic mass is 35.5. The third-order valence-electron chi connectivity index (χ3n) is 2.87. The molecule has 5 nitrogen and oxygen atoms in total. The molecule has 0 spiro atoms. The molecule has 0 bridgehead atoms. The summed E-state index contributed by atoms with van der Waals surface area (Å²) >= 11 is 7.16. The third kappa shape index (κ3) is 1.28. The number of carbonyl (C=O) groups is 2. The zero-order valence-electron chi connectivity index (χ0n) is 8.01. The van der Waals surface area contributed by atoms with E-state index < -0.39 is 22.8 Å². The number of hydrogen-bond acceptors (Lipinski definition) is 4. The highest BCUT2D eigenvalue weighted by Crippen LogP contribution is 2.50. The maximum atomic E-state index is 11.4. The van der Waals surface area contributed by atoms with Crippen molar-refractivity contribution in [3.05, 3.63) is 0 Å². The van der Waals surface area contributed by atoms with Gasteiger partial charge in [0.15, 0.2) is 0 Å². The second-order valence-corrected chi connectivity index (χ2v) is 5.89. The van der Waals surface area contributed by atoms with E-state index in [1.807, 2.05) is 0 Å². The lowest BCUT2D eigenvalue weighted by Gasteiger charge is -2.41. The van der Waals surface area contributed by atoms with Crippen LogP contribution in [-0.2, 0) is 9.59 Å². The van der Waals surface area contributed by atoms with Gasteiger partial charge in [0.25, 0.3) is 0 Å². The first-order chi connectivity index (χ1) is 6.92. The van der Waals surface area contributed by atoms with Crippen LogP contribution in [0.4, 0.5) is 0 Å². The third-order valence-corrected chi connectivity index (χ3v) is 5.25. The van der Waals surface area contributed by atoms with Crippen LogP contribution in [0.1, 0.15) is 6.92 Å². The van der Waals surface area contributed by atoms with E-state index in [1.165, 1.54) is 16.7 Å². The number of nitrogens with two attached hydrogens (primary N) is 1. The Morgan fingerprint density at radius 1 is 1.80 bits per heavy atom. The summed E-state index contributed by atoms with van der Waals surface area (Å²) in [6, 6.07) is -1.45. The molecule has 2 saturated heterocycles. The maximum absolute atomic E-state index is 11.4. The summed E-state index contributed by atoms with van der Waals surface area (Å²) < 4.78 is -0.651. The number of fused-ring (bicyclic) bond motifs is 1. The van der Waals surface area contributed by atoms with Crippen LogP contribution in [0, 0.1) is 0 Å². The molecule has 2 fully saturated rings. The molecule has 2 rings (SSSR count). The fraction of sp³-hybridized carbons (Fsp3) is 0.750. The summed E-state index contributed by atoms with van der Waals surface area (Å²) in [5.74, 6) is -1.14. The van der Waals surface area contributed by atoms with Crippen LogP contribution >= 0.6 is 23.4 Å². The maximum Gasteiger partial charge on any atom is 0.327 e. The number of halogens is 1. The first kappa shape index (κ1) is 11.0. The van der Waals surface area contributed by atoms with Crippen LogP contribution in [0.2, 0.25) is 0 Å². The molecule has 7 heteroatoms. The molecule has 0 radical (unpaired) electrons. The van der Waals surface area contributed by atoms with E-state index in [1.54, 1.807) is 6.92 Å². The Hall–Kier alpha value is -0.460. The van der Waals surface area contributed by atoms with Crippen LogP contribution in [-0.4, -0.2) is 50.0 Å².